The number of carbonyl (C=O) groups is 1. The Morgan fingerprint density at radius 3 is 2.47 bits per heavy atom. The highest BCUT2D eigenvalue weighted by molar-refractivity contribution is 7.92. The molecular formula is C10H9ClN4O3S. The summed E-state index contributed by atoms with van der Waals surface area (Å²) >= 11 is 5.68. The Labute approximate surface area is 113 Å². The summed E-state index contributed by atoms with van der Waals surface area (Å²) < 4.78 is 26.1. The number of sulfonamides is 1. The highest BCUT2D eigenvalue weighted by Crippen LogP contribution is 2.17. The number of nitrogens with two attached hydrogens (primary N) is 1. The fourth-order valence-electron chi connectivity index (χ4n) is 1.31. The van der Waals surface area contributed by atoms with E-state index in [1.54, 1.807) is 0 Å². The van der Waals surface area contributed by atoms with E-state index in [-0.39, 0.29) is 16.4 Å². The van der Waals surface area contributed by atoms with Crippen LogP contribution in [0.2, 0.25) is 5.02 Å². The minimum atomic E-state index is -3.79. The molecule has 1 amide bonds. The van der Waals surface area contributed by atoms with Crippen molar-refractivity contribution in [3.8, 4) is 0 Å². The van der Waals surface area contributed by atoms with Crippen molar-refractivity contribution in [2.45, 2.75) is 4.90 Å². The molecule has 1 heterocycles. The maximum atomic E-state index is 12.0. The van der Waals surface area contributed by atoms with Crippen molar-refractivity contribution in [1.29, 1.82) is 0 Å². The van der Waals surface area contributed by atoms with Gasteiger partial charge in [-0.25, -0.2) is 8.42 Å². The molecule has 0 fully saturated rings. The first-order valence-corrected chi connectivity index (χ1v) is 6.88. The van der Waals surface area contributed by atoms with Crippen molar-refractivity contribution in [2.24, 2.45) is 5.73 Å². The molecule has 7 nitrogen and oxygen atoms in total. The van der Waals surface area contributed by atoms with E-state index in [1.807, 2.05) is 0 Å². The number of nitrogens with zero attached hydrogens (tertiary/aromatic N) is 1. The van der Waals surface area contributed by atoms with Crippen LogP contribution in [-0.4, -0.2) is 24.5 Å². The Morgan fingerprint density at radius 1 is 1.32 bits per heavy atom. The molecule has 0 spiro atoms. The number of aromatic nitrogens is 2. The summed E-state index contributed by atoms with van der Waals surface area (Å²) in [5.74, 6) is -0.756. The van der Waals surface area contributed by atoms with Gasteiger partial charge in [-0.15, -0.1) is 0 Å². The number of primary amides is 1. The quantitative estimate of drug-likeness (QED) is 0.779. The molecule has 100 valence electrons. The van der Waals surface area contributed by atoms with E-state index in [4.69, 9.17) is 17.3 Å². The monoisotopic (exact) mass is 300 g/mol. The molecule has 1 aromatic carbocycles. The Kier molecular flexibility index (Phi) is 3.45. The lowest BCUT2D eigenvalue weighted by molar-refractivity contribution is 0.0995. The fraction of sp³-hybridized carbons (Fsp3) is 0. The third-order valence-electron chi connectivity index (χ3n) is 2.21. The minimum absolute atomic E-state index is 0.00815. The average molecular weight is 301 g/mol. The van der Waals surface area contributed by atoms with E-state index in [2.05, 4.69) is 14.9 Å². The van der Waals surface area contributed by atoms with Crippen LogP contribution in [0, 0.1) is 0 Å². The number of amides is 1. The van der Waals surface area contributed by atoms with Gasteiger partial charge in [0.15, 0.2) is 5.82 Å². The molecule has 0 aliphatic heterocycles. The van der Waals surface area contributed by atoms with Gasteiger partial charge in [0.1, 0.15) is 5.69 Å². The number of carbonyl (C=O) groups excluding carboxylic acids is 1. The predicted octanol–water partition coefficient (Wildman–Crippen LogP) is 0.963. The predicted molar refractivity (Wildman–Crippen MR) is 69.4 cm³/mol. The van der Waals surface area contributed by atoms with Gasteiger partial charge in [0, 0.05) is 11.1 Å². The molecule has 19 heavy (non-hydrogen) atoms. The Balaban J connectivity index is 2.25. The van der Waals surface area contributed by atoms with Crippen LogP contribution < -0.4 is 10.5 Å². The Morgan fingerprint density at radius 2 is 1.95 bits per heavy atom. The summed E-state index contributed by atoms with van der Waals surface area (Å²) in [6.45, 7) is 0. The standard InChI is InChI=1S/C10H9ClN4O3S/c11-6-1-3-7(4-2-6)19(17,18)15-9-5-8(10(12)16)13-14-9/h1-5H,(H2,12,16)(H2,13,14,15). The number of anilines is 1. The van der Waals surface area contributed by atoms with Gasteiger partial charge in [0.05, 0.1) is 4.90 Å². The van der Waals surface area contributed by atoms with E-state index >= 15 is 0 Å². The molecule has 4 N–H and O–H groups in total. The molecule has 0 radical (unpaired) electrons. The molecule has 0 saturated carbocycles. The molecule has 0 saturated heterocycles. The number of aromatic amines is 1. The van der Waals surface area contributed by atoms with E-state index < -0.39 is 15.9 Å². The molecule has 2 rings (SSSR count). The second kappa shape index (κ2) is 4.90. The third kappa shape index (κ3) is 3.04. The van der Waals surface area contributed by atoms with Crippen LogP contribution in [0.5, 0.6) is 0 Å². The van der Waals surface area contributed by atoms with E-state index in [1.165, 1.54) is 30.3 Å². The topological polar surface area (TPSA) is 118 Å². The summed E-state index contributed by atoms with van der Waals surface area (Å²) in [5.41, 5.74) is 5.02. The molecule has 1 aromatic heterocycles. The number of benzene rings is 1. The summed E-state index contributed by atoms with van der Waals surface area (Å²) in [6.07, 6.45) is 0. The lowest BCUT2D eigenvalue weighted by atomic mass is 10.4. The smallest absolute Gasteiger partial charge is 0.266 e. The second-order valence-corrected chi connectivity index (χ2v) is 5.71. The van der Waals surface area contributed by atoms with E-state index in [9.17, 15) is 13.2 Å². The summed E-state index contributed by atoms with van der Waals surface area (Å²) in [6, 6.07) is 6.82. The van der Waals surface area contributed by atoms with Gasteiger partial charge < -0.3 is 5.73 Å². The number of rotatable bonds is 4. The third-order valence-corrected chi connectivity index (χ3v) is 3.83. The lowest BCUT2D eigenvalue weighted by Gasteiger charge is -2.04. The summed E-state index contributed by atoms with van der Waals surface area (Å²) in [7, 11) is -3.79. The molecule has 0 atom stereocenters. The Bertz CT molecular complexity index is 709. The normalized spacial score (nSPS) is 11.2. The van der Waals surface area contributed by atoms with Crippen LogP contribution in [0.15, 0.2) is 35.2 Å². The van der Waals surface area contributed by atoms with E-state index in [0.717, 1.165) is 0 Å². The van der Waals surface area contributed by atoms with E-state index in [0.29, 0.717) is 5.02 Å². The van der Waals surface area contributed by atoms with Gasteiger partial charge >= 0.3 is 0 Å². The molecule has 0 aliphatic carbocycles. The molecule has 0 unspecified atom stereocenters. The number of nitrogens with one attached hydrogen (secondary N) is 2. The van der Waals surface area contributed by atoms with Crippen LogP contribution in [0.3, 0.4) is 0 Å². The fourth-order valence-corrected chi connectivity index (χ4v) is 2.43. The van der Waals surface area contributed by atoms with Gasteiger partial charge in [0.2, 0.25) is 0 Å². The van der Waals surface area contributed by atoms with Crippen LogP contribution in [0.4, 0.5) is 5.82 Å². The highest BCUT2D eigenvalue weighted by atomic mass is 35.5. The van der Waals surface area contributed by atoms with Gasteiger partial charge in [-0.1, -0.05) is 11.6 Å². The van der Waals surface area contributed by atoms with Crippen molar-refractivity contribution in [1.82, 2.24) is 10.2 Å². The molecular weight excluding hydrogens is 292 g/mol. The SMILES string of the molecule is NC(=O)c1cc(NS(=O)(=O)c2ccc(Cl)cc2)n[nH]1. The van der Waals surface area contributed by atoms with Crippen molar-refractivity contribution < 1.29 is 13.2 Å². The average Bonchev–Trinajstić information content (AvgIpc) is 2.77. The van der Waals surface area contributed by atoms with Crippen LogP contribution in [-0.2, 0) is 10.0 Å². The number of hydrogen-bond acceptors (Lipinski definition) is 4. The van der Waals surface area contributed by atoms with Gasteiger partial charge in [-0.2, -0.15) is 5.10 Å². The van der Waals surface area contributed by atoms with Crippen molar-refractivity contribution in [3.05, 3.63) is 41.0 Å². The van der Waals surface area contributed by atoms with Crippen LogP contribution >= 0.6 is 11.6 Å². The largest absolute Gasteiger partial charge is 0.364 e. The van der Waals surface area contributed by atoms with Gasteiger partial charge in [-0.3, -0.25) is 14.6 Å². The zero-order chi connectivity index (χ0) is 14.0. The molecule has 0 aliphatic rings. The first-order valence-electron chi connectivity index (χ1n) is 5.02. The van der Waals surface area contributed by atoms with Crippen LogP contribution in [0.25, 0.3) is 0 Å². The second-order valence-electron chi connectivity index (χ2n) is 3.59. The minimum Gasteiger partial charge on any atom is -0.364 e. The van der Waals surface area contributed by atoms with Crippen molar-refractivity contribution >= 4 is 33.3 Å². The first-order chi connectivity index (χ1) is 8.88. The summed E-state index contributed by atoms with van der Waals surface area (Å²) in [5, 5.41) is 6.36. The lowest BCUT2D eigenvalue weighted by Crippen LogP contribution is -2.13. The van der Waals surface area contributed by atoms with Gasteiger partial charge in [0.25, 0.3) is 15.9 Å². The number of hydrogen-bond donors (Lipinski definition) is 3. The zero-order valence-electron chi connectivity index (χ0n) is 9.42. The number of halogens is 1. The summed E-state index contributed by atoms with van der Waals surface area (Å²) in [4.78, 5) is 10.9. The maximum absolute atomic E-state index is 12.0. The zero-order valence-corrected chi connectivity index (χ0v) is 11.0. The molecule has 2 aromatic rings. The Hall–Kier alpha value is -2.06. The highest BCUT2D eigenvalue weighted by Gasteiger charge is 2.16. The molecule has 9 heteroatoms. The van der Waals surface area contributed by atoms with Crippen molar-refractivity contribution in [2.75, 3.05) is 4.72 Å². The van der Waals surface area contributed by atoms with Crippen LogP contribution in [0.1, 0.15) is 10.5 Å². The maximum Gasteiger partial charge on any atom is 0.266 e. The van der Waals surface area contributed by atoms with Gasteiger partial charge in [-0.05, 0) is 24.3 Å². The first kappa shape index (κ1) is 13.4. The number of H-pyrrole nitrogens is 1. The van der Waals surface area contributed by atoms with Crippen molar-refractivity contribution in [3.63, 3.8) is 0 Å². The molecule has 0 bridgehead atoms.